The molecule has 0 aromatic heterocycles. The molecule has 112 heavy (non-hydrogen) atoms. The molecule has 4 aliphatic rings. The molecule has 13 rings (SSSR count). The molecular weight excluding hydrogens is 1500 g/mol. The topological polar surface area (TPSA) is 204 Å². The summed E-state index contributed by atoms with van der Waals surface area (Å²) in [7, 11) is 6.67. The third kappa shape index (κ3) is 22.1. The number of carbonyl (C=O) groups excluding carboxylic acids is 8. The molecule has 4 atom stereocenters. The summed E-state index contributed by atoms with van der Waals surface area (Å²) in [4.78, 5) is 107. The van der Waals surface area contributed by atoms with E-state index in [1.807, 2.05) is 207 Å². The van der Waals surface area contributed by atoms with Crippen molar-refractivity contribution in [1.82, 2.24) is 20.0 Å². The second-order valence-corrected chi connectivity index (χ2v) is 28.6. The Bertz CT molecular complexity index is 4910. The highest BCUT2D eigenvalue weighted by atomic mass is 35.5. The molecule has 576 valence electrons. The molecule has 0 bridgehead atoms. The summed E-state index contributed by atoms with van der Waals surface area (Å²) < 4.78 is 27.6. The van der Waals surface area contributed by atoms with Crippen LogP contribution in [0.3, 0.4) is 0 Å². The minimum absolute atomic E-state index is 0.00795. The Morgan fingerprint density at radius 2 is 0.688 bits per heavy atom. The fourth-order valence-corrected chi connectivity index (χ4v) is 14.1. The van der Waals surface area contributed by atoms with Gasteiger partial charge in [0.2, 0.25) is 23.6 Å². The van der Waals surface area contributed by atoms with Gasteiger partial charge in [0.25, 0.3) is 0 Å². The van der Waals surface area contributed by atoms with Crippen LogP contribution < -0.4 is 5.32 Å². The van der Waals surface area contributed by atoms with Crippen molar-refractivity contribution in [3.05, 3.63) is 358 Å². The number of nitrogens with one attached hydrogen (secondary N) is 1. The molecule has 17 nitrogen and oxygen atoms in total. The summed E-state index contributed by atoms with van der Waals surface area (Å²) in [5.41, 5.74) is 12.4. The maximum Gasteiger partial charge on any atom is 0.337 e. The molecule has 0 aliphatic carbocycles. The zero-order chi connectivity index (χ0) is 79.8. The third-order valence-electron chi connectivity index (χ3n) is 19.6. The van der Waals surface area contributed by atoms with Crippen molar-refractivity contribution in [2.45, 2.75) is 102 Å². The van der Waals surface area contributed by atoms with Crippen molar-refractivity contribution in [2.75, 3.05) is 34.9 Å². The van der Waals surface area contributed by atoms with Crippen LogP contribution in [0.5, 0.6) is 0 Å². The molecule has 0 saturated carbocycles. The van der Waals surface area contributed by atoms with Gasteiger partial charge in [-0.15, -0.1) is 0 Å². The average molecular weight is 1590 g/mol. The Kier molecular flexibility index (Phi) is 30.2. The lowest BCUT2D eigenvalue weighted by Crippen LogP contribution is -2.36. The van der Waals surface area contributed by atoms with Crippen LogP contribution in [0, 0.1) is 0 Å². The van der Waals surface area contributed by atoms with Crippen molar-refractivity contribution in [3.8, 4) is 0 Å². The Morgan fingerprint density at radius 1 is 0.384 bits per heavy atom. The van der Waals surface area contributed by atoms with Gasteiger partial charge in [0.1, 0.15) is 26.4 Å². The lowest BCUT2D eigenvalue weighted by atomic mass is 9.82. The molecule has 1 N–H and O–H groups in total. The van der Waals surface area contributed by atoms with Gasteiger partial charge in [-0.25, -0.2) is 19.2 Å². The molecular formula is C91H86Cl4N4O13. The summed E-state index contributed by atoms with van der Waals surface area (Å²) in [5, 5.41) is 5.25. The van der Waals surface area contributed by atoms with E-state index >= 15 is 0 Å². The number of benzene rings is 9. The van der Waals surface area contributed by atoms with E-state index in [2.05, 4.69) is 5.32 Å². The van der Waals surface area contributed by atoms with Gasteiger partial charge in [-0.1, -0.05) is 254 Å². The highest BCUT2D eigenvalue weighted by Gasteiger charge is 2.41. The van der Waals surface area contributed by atoms with Gasteiger partial charge < -0.3 is 43.7 Å². The number of methoxy groups -OCH3 is 1. The van der Waals surface area contributed by atoms with Crippen LogP contribution >= 0.6 is 46.4 Å². The summed E-state index contributed by atoms with van der Waals surface area (Å²) >= 11 is 24.0. The number of halogens is 4. The number of esters is 4. The maximum absolute atomic E-state index is 13.4. The first-order chi connectivity index (χ1) is 54.1. The molecule has 4 unspecified atom stereocenters. The average Bonchev–Trinajstić information content (AvgIpc) is 0.764. The minimum Gasteiger partial charge on any atom is -0.457 e. The number of nitrogens with zero attached hydrogens (tertiary/aromatic N) is 3. The molecule has 0 radical (unpaired) electrons. The fraction of sp³-hybridized carbons (Fsp3) is 0.231. The Balaban J connectivity index is 0.000000159. The van der Waals surface area contributed by atoms with Crippen LogP contribution in [0.15, 0.2) is 288 Å². The Morgan fingerprint density at radius 3 is 1.05 bits per heavy atom. The van der Waals surface area contributed by atoms with Crippen LogP contribution in [0.1, 0.15) is 126 Å². The van der Waals surface area contributed by atoms with Gasteiger partial charge in [0.05, 0.1) is 34.6 Å². The standard InChI is InChI=1S/C26H22ClNO3.C22H22ClNO4.C22H22ClNO3.C21H20ClNO3/c1-28-23(29)16-22(19-12-14-21(27)15-13-19)24(25(28)20-10-6-3-7-11-20)26(30)31-17-18-8-4-2-5-9-18;1-27-12-11-19-21(22(26)28-14-15-5-3-2-4-6-15)18(13-20(25)24-19)16-7-9-17(23)10-8-16;1-3-19-21(22(26)27-14-15-7-5-4-6-8-15)18(13-20(25)24(19)2)16-9-11-17(23)12-10-16;1-14-20(21(25)26-13-15-6-4-3-5-7-15)18(12-19(24)23(14)2)16-8-10-17(22)11-9-16/h2-15,22H,16-17H2,1H3;2-10,18H,11-14H2,1H3,(H,24,25);4-12,18H,3,13-14H2,1-2H3;3-11,18H,12-13H2,1-2H3. The number of hydrogen-bond donors (Lipinski definition) is 1. The van der Waals surface area contributed by atoms with Crippen molar-refractivity contribution >= 4 is 99.6 Å². The zero-order valence-corrected chi connectivity index (χ0v) is 65.9. The number of ether oxygens (including phenoxy) is 5. The third-order valence-corrected chi connectivity index (χ3v) is 20.6. The SMILES string of the molecule is CC1=C(C(=O)OCc2ccccc2)C(c2ccc(Cl)cc2)CC(=O)N1C.CCC1=C(C(=O)OCc2ccccc2)C(c2ccc(Cl)cc2)CC(=O)N1C.CN1C(=O)CC(c2ccc(Cl)cc2)C(C(=O)OCc2ccccc2)=C1c1ccccc1.COCCC1=C(C(=O)OCc2ccccc2)C(c2ccc(Cl)cc2)CC(=O)N1. The van der Waals surface area contributed by atoms with Gasteiger partial charge in [-0.3, -0.25) is 19.2 Å². The first-order valence-electron chi connectivity index (χ1n) is 36.5. The smallest absolute Gasteiger partial charge is 0.337 e. The molecule has 0 spiro atoms. The molecule has 0 saturated heterocycles. The van der Waals surface area contributed by atoms with Crippen molar-refractivity contribution in [3.63, 3.8) is 0 Å². The number of carbonyl (C=O) groups is 8. The predicted octanol–water partition coefficient (Wildman–Crippen LogP) is 18.4. The van der Waals surface area contributed by atoms with Gasteiger partial charge in [0, 0.05) is 121 Å². The van der Waals surface area contributed by atoms with E-state index in [1.165, 1.54) is 4.90 Å². The molecule has 4 amide bonds. The zero-order valence-electron chi connectivity index (χ0n) is 62.9. The van der Waals surface area contributed by atoms with Crippen LogP contribution in [0.2, 0.25) is 20.1 Å². The number of rotatable bonds is 21. The minimum atomic E-state index is -0.435. The predicted molar refractivity (Wildman–Crippen MR) is 434 cm³/mol. The van der Waals surface area contributed by atoms with Crippen molar-refractivity contribution in [1.29, 1.82) is 0 Å². The maximum atomic E-state index is 13.4. The molecule has 4 aliphatic heterocycles. The highest BCUT2D eigenvalue weighted by molar-refractivity contribution is 6.31. The molecule has 4 heterocycles. The van der Waals surface area contributed by atoms with Crippen LogP contribution in [0.25, 0.3) is 5.70 Å². The summed E-state index contributed by atoms with van der Waals surface area (Å²) in [6, 6.07) is 76.5. The van der Waals surface area contributed by atoms with Crippen LogP contribution in [-0.2, 0) is 88.5 Å². The number of allylic oxidation sites excluding steroid dienone is 2. The Labute approximate surface area is 673 Å². The van der Waals surface area contributed by atoms with Crippen LogP contribution in [-0.4, -0.2) is 97.1 Å². The second kappa shape index (κ2) is 40.7. The molecule has 9 aromatic carbocycles. The van der Waals surface area contributed by atoms with E-state index in [4.69, 9.17) is 70.1 Å². The van der Waals surface area contributed by atoms with E-state index in [0.717, 1.165) is 50.1 Å². The van der Waals surface area contributed by atoms with Crippen LogP contribution in [0.4, 0.5) is 0 Å². The number of hydrogen-bond acceptors (Lipinski definition) is 13. The Hall–Kier alpha value is -11.2. The lowest BCUT2D eigenvalue weighted by molar-refractivity contribution is -0.142. The van der Waals surface area contributed by atoms with E-state index in [0.29, 0.717) is 84.6 Å². The summed E-state index contributed by atoms with van der Waals surface area (Å²) in [6.07, 6.45) is 1.81. The van der Waals surface area contributed by atoms with Crippen molar-refractivity contribution in [2.24, 2.45) is 0 Å². The first-order valence-corrected chi connectivity index (χ1v) is 38.0. The van der Waals surface area contributed by atoms with Crippen molar-refractivity contribution < 1.29 is 62.0 Å². The fourth-order valence-electron chi connectivity index (χ4n) is 13.6. The van der Waals surface area contributed by atoms with Gasteiger partial charge in [-0.2, -0.15) is 0 Å². The quantitative estimate of drug-likeness (QED) is 0.0526. The largest absolute Gasteiger partial charge is 0.457 e. The summed E-state index contributed by atoms with van der Waals surface area (Å²) in [5.74, 6) is -3.33. The highest BCUT2D eigenvalue weighted by Crippen LogP contribution is 2.43. The first kappa shape index (κ1) is 83.3. The molecule has 21 heteroatoms. The number of amides is 4. The van der Waals surface area contributed by atoms with Gasteiger partial charge in [-0.05, 0) is 112 Å². The summed E-state index contributed by atoms with van der Waals surface area (Å²) in [6.45, 7) is 4.83. The van der Waals surface area contributed by atoms with E-state index in [9.17, 15) is 38.4 Å². The van der Waals surface area contributed by atoms with E-state index in [1.54, 1.807) is 93.5 Å². The van der Waals surface area contributed by atoms with E-state index < -0.39 is 23.8 Å². The van der Waals surface area contributed by atoms with E-state index in [-0.39, 0.29) is 99.5 Å². The van der Waals surface area contributed by atoms with Gasteiger partial charge >= 0.3 is 23.9 Å². The lowest BCUT2D eigenvalue weighted by Gasteiger charge is -2.34. The normalized spacial score (nSPS) is 16.9. The molecule has 9 aromatic rings. The molecule has 0 fully saturated rings. The monoisotopic (exact) mass is 1580 g/mol. The van der Waals surface area contributed by atoms with Gasteiger partial charge in [0.15, 0.2) is 0 Å². The second-order valence-electron chi connectivity index (χ2n) is 26.9.